The smallest absolute Gasteiger partial charge is 0.422 e. The van der Waals surface area contributed by atoms with Crippen LogP contribution in [0, 0.1) is 23.6 Å². The summed E-state index contributed by atoms with van der Waals surface area (Å²) in [6, 6.07) is 11.6. The summed E-state index contributed by atoms with van der Waals surface area (Å²) in [5, 5.41) is 0. The Morgan fingerprint density at radius 1 is 0.906 bits per heavy atom. The van der Waals surface area contributed by atoms with Crippen LogP contribution in [0.25, 0.3) is 11.1 Å². The van der Waals surface area contributed by atoms with Crippen LogP contribution in [-0.4, -0.2) is 12.8 Å². The molecule has 4 rings (SSSR count). The zero-order valence-electron chi connectivity index (χ0n) is 18.6. The van der Waals surface area contributed by atoms with E-state index in [2.05, 4.69) is 6.92 Å². The molecule has 2 aromatic carbocycles. The second-order valence-electron chi connectivity index (χ2n) is 9.67. The summed E-state index contributed by atoms with van der Waals surface area (Å²) in [5.74, 6) is 2.78. The van der Waals surface area contributed by atoms with Gasteiger partial charge in [0.2, 0.25) is 0 Å². The minimum absolute atomic E-state index is 0.119. The first-order valence-electron chi connectivity index (χ1n) is 11.9. The van der Waals surface area contributed by atoms with Crippen LogP contribution < -0.4 is 4.74 Å². The number of rotatable bonds is 6. The zero-order valence-corrected chi connectivity index (χ0v) is 18.6. The molecule has 4 atom stereocenters. The lowest BCUT2D eigenvalue weighted by Crippen LogP contribution is -2.30. The summed E-state index contributed by atoms with van der Waals surface area (Å²) in [7, 11) is 0. The lowest BCUT2D eigenvalue weighted by atomic mass is 9.63. The van der Waals surface area contributed by atoms with Gasteiger partial charge in [-0.05, 0) is 85.1 Å². The molecule has 0 bridgehead atoms. The van der Waals surface area contributed by atoms with Gasteiger partial charge in [0.05, 0.1) is 0 Å². The molecule has 0 radical (unpaired) electrons. The predicted molar refractivity (Wildman–Crippen MR) is 119 cm³/mol. The maximum Gasteiger partial charge on any atom is 0.422 e. The summed E-state index contributed by atoms with van der Waals surface area (Å²) in [6.07, 6.45) is 5.83. The van der Waals surface area contributed by atoms with Crippen LogP contribution in [0.15, 0.2) is 42.5 Å². The number of hydrogen-bond acceptors (Lipinski definition) is 1. The van der Waals surface area contributed by atoms with E-state index in [9.17, 15) is 17.6 Å². The SMILES string of the molecule is CCCC1CC[C@@H]2C[C@H](c3ccc(-c4ccc(OCC(F)(F)F)cc4)c(F)c3)CC[C@@H]2C1. The first-order valence-corrected chi connectivity index (χ1v) is 11.9. The molecule has 0 saturated heterocycles. The van der Waals surface area contributed by atoms with Gasteiger partial charge in [-0.1, -0.05) is 50.5 Å². The topological polar surface area (TPSA) is 9.23 Å². The Morgan fingerprint density at radius 2 is 1.62 bits per heavy atom. The fraction of sp³-hybridized carbons (Fsp3) is 0.556. The van der Waals surface area contributed by atoms with Crippen molar-refractivity contribution in [3.8, 4) is 16.9 Å². The molecule has 2 aliphatic rings. The summed E-state index contributed by atoms with van der Waals surface area (Å²) in [6.45, 7) is 0.940. The van der Waals surface area contributed by atoms with Crippen molar-refractivity contribution >= 4 is 0 Å². The highest BCUT2D eigenvalue weighted by atomic mass is 19.4. The van der Waals surface area contributed by atoms with Gasteiger partial charge in [0, 0.05) is 5.56 Å². The fourth-order valence-corrected chi connectivity index (χ4v) is 5.87. The van der Waals surface area contributed by atoms with Gasteiger partial charge in [0.15, 0.2) is 6.61 Å². The van der Waals surface area contributed by atoms with E-state index in [-0.39, 0.29) is 11.6 Å². The number of hydrogen-bond donors (Lipinski definition) is 0. The average molecular weight is 449 g/mol. The van der Waals surface area contributed by atoms with Crippen molar-refractivity contribution in [1.82, 2.24) is 0 Å². The second-order valence-corrected chi connectivity index (χ2v) is 9.67. The lowest BCUT2D eigenvalue weighted by Gasteiger charge is -2.42. The van der Waals surface area contributed by atoms with Crippen molar-refractivity contribution in [3.05, 3.63) is 53.8 Å². The number of fused-ring (bicyclic) bond motifs is 1. The molecular weight excluding hydrogens is 416 g/mol. The van der Waals surface area contributed by atoms with E-state index in [0.29, 0.717) is 17.0 Å². The maximum absolute atomic E-state index is 15.0. The van der Waals surface area contributed by atoms with E-state index in [1.165, 1.54) is 50.7 Å². The first-order chi connectivity index (χ1) is 15.3. The van der Waals surface area contributed by atoms with Gasteiger partial charge in [-0.15, -0.1) is 0 Å². The van der Waals surface area contributed by atoms with E-state index < -0.39 is 12.8 Å². The van der Waals surface area contributed by atoms with Gasteiger partial charge in [-0.3, -0.25) is 0 Å². The third-order valence-corrected chi connectivity index (χ3v) is 7.45. The number of halogens is 4. The Balaban J connectivity index is 1.40. The van der Waals surface area contributed by atoms with Crippen molar-refractivity contribution in [2.75, 3.05) is 6.61 Å². The number of ether oxygens (including phenoxy) is 1. The first kappa shape index (κ1) is 23.1. The molecule has 0 heterocycles. The fourth-order valence-electron chi connectivity index (χ4n) is 5.87. The van der Waals surface area contributed by atoms with Crippen molar-refractivity contribution in [2.45, 2.75) is 70.4 Å². The van der Waals surface area contributed by atoms with Crippen LogP contribution in [0.1, 0.15) is 69.8 Å². The molecule has 0 aliphatic heterocycles. The number of benzene rings is 2. The van der Waals surface area contributed by atoms with Gasteiger partial charge in [-0.25, -0.2) is 4.39 Å². The van der Waals surface area contributed by atoms with Crippen molar-refractivity contribution in [2.24, 2.45) is 17.8 Å². The van der Waals surface area contributed by atoms with Crippen LogP contribution in [0.5, 0.6) is 5.75 Å². The molecule has 2 aliphatic carbocycles. The Bertz CT molecular complexity index is 890. The van der Waals surface area contributed by atoms with Crippen molar-refractivity contribution < 1.29 is 22.3 Å². The Morgan fingerprint density at radius 3 is 2.31 bits per heavy atom. The monoisotopic (exact) mass is 448 g/mol. The minimum Gasteiger partial charge on any atom is -0.484 e. The quantitative estimate of drug-likeness (QED) is 0.402. The molecule has 2 aromatic rings. The van der Waals surface area contributed by atoms with Crippen molar-refractivity contribution in [1.29, 1.82) is 0 Å². The molecule has 2 fully saturated rings. The molecule has 1 nitrogen and oxygen atoms in total. The van der Waals surface area contributed by atoms with Gasteiger partial charge in [0.1, 0.15) is 11.6 Å². The summed E-state index contributed by atoms with van der Waals surface area (Å²) in [5.41, 5.74) is 2.17. The van der Waals surface area contributed by atoms with Gasteiger partial charge >= 0.3 is 6.18 Å². The van der Waals surface area contributed by atoms with Gasteiger partial charge in [0.25, 0.3) is 0 Å². The molecular formula is C27H32F4O. The third kappa shape index (κ3) is 5.65. The third-order valence-electron chi connectivity index (χ3n) is 7.45. The van der Waals surface area contributed by atoms with E-state index in [4.69, 9.17) is 4.74 Å². The predicted octanol–water partition coefficient (Wildman–Crippen LogP) is 8.53. The zero-order chi connectivity index (χ0) is 22.7. The molecule has 0 N–H and O–H groups in total. The van der Waals surface area contributed by atoms with Crippen LogP contribution >= 0.6 is 0 Å². The van der Waals surface area contributed by atoms with E-state index in [0.717, 1.165) is 36.2 Å². The molecule has 174 valence electrons. The molecule has 5 heteroatoms. The van der Waals surface area contributed by atoms with Gasteiger partial charge < -0.3 is 4.74 Å². The van der Waals surface area contributed by atoms with E-state index >= 15 is 0 Å². The van der Waals surface area contributed by atoms with Gasteiger partial charge in [-0.2, -0.15) is 13.2 Å². The minimum atomic E-state index is -4.38. The molecule has 0 spiro atoms. The van der Waals surface area contributed by atoms with Crippen LogP contribution in [0.3, 0.4) is 0 Å². The maximum atomic E-state index is 15.0. The molecule has 2 saturated carbocycles. The lowest BCUT2D eigenvalue weighted by molar-refractivity contribution is -0.153. The highest BCUT2D eigenvalue weighted by molar-refractivity contribution is 5.65. The second kappa shape index (κ2) is 9.84. The van der Waals surface area contributed by atoms with E-state index in [1.807, 2.05) is 6.07 Å². The van der Waals surface area contributed by atoms with Crippen LogP contribution in [0.2, 0.25) is 0 Å². The van der Waals surface area contributed by atoms with Crippen LogP contribution in [-0.2, 0) is 0 Å². The van der Waals surface area contributed by atoms with Crippen LogP contribution in [0.4, 0.5) is 17.6 Å². The van der Waals surface area contributed by atoms with Crippen molar-refractivity contribution in [3.63, 3.8) is 0 Å². The Hall–Kier alpha value is -2.04. The normalized spacial score (nSPS) is 25.9. The average Bonchev–Trinajstić information content (AvgIpc) is 2.77. The molecule has 32 heavy (non-hydrogen) atoms. The summed E-state index contributed by atoms with van der Waals surface area (Å²) < 4.78 is 56.6. The highest BCUT2D eigenvalue weighted by Crippen LogP contribution is 2.48. The van der Waals surface area contributed by atoms with E-state index in [1.54, 1.807) is 24.3 Å². The standard InChI is InChI=1S/C27H32F4O/c1-2-3-18-4-5-21-15-22(7-6-20(21)14-18)23-10-13-25(26(28)16-23)19-8-11-24(12-9-19)32-17-27(29,30)31/h8-13,16,18,20-22H,2-7,14-15,17H2,1H3/t18?,20-,21-,22-/m1/s1. The number of alkyl halides is 3. The molecule has 0 aromatic heterocycles. The molecule has 1 unspecified atom stereocenters. The highest BCUT2D eigenvalue weighted by Gasteiger charge is 2.35. The Labute approximate surface area is 188 Å². The summed E-state index contributed by atoms with van der Waals surface area (Å²) in [4.78, 5) is 0. The summed E-state index contributed by atoms with van der Waals surface area (Å²) >= 11 is 0. The Kier molecular flexibility index (Phi) is 7.11. The largest absolute Gasteiger partial charge is 0.484 e. The molecule has 0 amide bonds.